The van der Waals surface area contributed by atoms with Gasteiger partial charge in [0.1, 0.15) is 6.04 Å². The molecule has 1 atom stereocenters. The van der Waals surface area contributed by atoms with Crippen LogP contribution in [0.4, 0.5) is 23.7 Å². The van der Waals surface area contributed by atoms with Crippen molar-refractivity contribution in [3.63, 3.8) is 0 Å². The maximum atomic E-state index is 12.3. The molecule has 0 aromatic heterocycles. The summed E-state index contributed by atoms with van der Waals surface area (Å²) in [6.07, 6.45) is -4.45. The van der Waals surface area contributed by atoms with Gasteiger partial charge in [-0.1, -0.05) is 18.2 Å². The minimum atomic E-state index is -4.45. The molecule has 2 amide bonds. The molecule has 18 heavy (non-hydrogen) atoms. The Morgan fingerprint density at radius 1 is 1.22 bits per heavy atom. The van der Waals surface area contributed by atoms with E-state index in [4.69, 9.17) is 0 Å². The van der Waals surface area contributed by atoms with Crippen molar-refractivity contribution >= 4 is 11.7 Å². The number of urea groups is 1. The average Bonchev–Trinajstić information content (AvgIpc) is 2.22. The summed E-state index contributed by atoms with van der Waals surface area (Å²) in [6.45, 7) is 4.44. The molecule has 0 saturated carbocycles. The van der Waals surface area contributed by atoms with Crippen LogP contribution in [0.2, 0.25) is 0 Å². The van der Waals surface area contributed by atoms with Crippen molar-refractivity contribution in [2.24, 2.45) is 0 Å². The number of carbonyl (C=O) groups is 1. The van der Waals surface area contributed by atoms with E-state index in [2.05, 4.69) is 5.32 Å². The normalized spacial score (nSPS) is 13.0. The van der Waals surface area contributed by atoms with Gasteiger partial charge in [-0.2, -0.15) is 13.2 Å². The summed E-state index contributed by atoms with van der Waals surface area (Å²) in [4.78, 5) is 11.5. The number of nitrogens with one attached hydrogen (secondary N) is 2. The Balaban J connectivity index is 2.72. The molecule has 0 bridgehead atoms. The van der Waals surface area contributed by atoms with Crippen molar-refractivity contribution < 1.29 is 18.0 Å². The molecule has 0 aliphatic carbocycles. The summed E-state index contributed by atoms with van der Waals surface area (Å²) in [5, 5.41) is 4.28. The Morgan fingerprint density at radius 2 is 1.72 bits per heavy atom. The number of benzene rings is 1. The fourth-order valence-corrected chi connectivity index (χ4v) is 1.44. The summed E-state index contributed by atoms with van der Waals surface area (Å²) in [5.41, 5.74) is 2.12. The van der Waals surface area contributed by atoms with E-state index in [0.29, 0.717) is 5.69 Å². The Bertz CT molecular complexity index is 423. The lowest BCUT2D eigenvalue weighted by Gasteiger charge is -2.18. The molecule has 0 aliphatic rings. The Kier molecular flexibility index (Phi) is 4.21. The fraction of sp³-hybridized carbons (Fsp3) is 0.417. The first kappa shape index (κ1) is 14.3. The van der Waals surface area contributed by atoms with Crippen molar-refractivity contribution in [2.45, 2.75) is 33.0 Å². The standard InChI is InChI=1S/C12H15F3N2O/c1-7-5-4-6-8(2)10(7)17-11(18)16-9(3)12(13,14)15/h4-6,9H,1-3H3,(H2,16,17,18). The molecule has 0 radical (unpaired) electrons. The van der Waals surface area contributed by atoms with Gasteiger partial charge >= 0.3 is 12.2 Å². The number of alkyl halides is 3. The Morgan fingerprint density at radius 3 is 2.17 bits per heavy atom. The minimum Gasteiger partial charge on any atom is -0.326 e. The lowest BCUT2D eigenvalue weighted by atomic mass is 10.1. The van der Waals surface area contributed by atoms with Crippen LogP contribution in [0.25, 0.3) is 0 Å². The summed E-state index contributed by atoms with van der Waals surface area (Å²) in [6, 6.07) is 2.61. The third-order valence-corrected chi connectivity index (χ3v) is 2.56. The van der Waals surface area contributed by atoms with Crippen LogP contribution in [0, 0.1) is 13.8 Å². The highest BCUT2D eigenvalue weighted by atomic mass is 19.4. The fourth-order valence-electron chi connectivity index (χ4n) is 1.44. The molecule has 0 saturated heterocycles. The molecule has 2 N–H and O–H groups in total. The summed E-state index contributed by atoms with van der Waals surface area (Å²) in [5.74, 6) is 0. The van der Waals surface area contributed by atoms with Gasteiger partial charge in [0.25, 0.3) is 0 Å². The summed E-state index contributed by atoms with van der Waals surface area (Å²) in [7, 11) is 0. The van der Waals surface area contributed by atoms with Crippen LogP contribution in [-0.4, -0.2) is 18.2 Å². The van der Waals surface area contributed by atoms with Crippen LogP contribution in [0.5, 0.6) is 0 Å². The van der Waals surface area contributed by atoms with Gasteiger partial charge in [0.15, 0.2) is 0 Å². The molecule has 0 aliphatic heterocycles. The van der Waals surface area contributed by atoms with Crippen LogP contribution < -0.4 is 10.6 Å². The Hall–Kier alpha value is -1.72. The van der Waals surface area contributed by atoms with E-state index < -0.39 is 18.2 Å². The molecule has 1 rings (SSSR count). The number of carbonyl (C=O) groups excluding carboxylic acids is 1. The molecule has 1 aromatic carbocycles. The number of amides is 2. The molecule has 0 heterocycles. The molecular formula is C12H15F3N2O. The van der Waals surface area contributed by atoms with Crippen molar-refractivity contribution in [2.75, 3.05) is 5.32 Å². The predicted molar refractivity (Wildman–Crippen MR) is 63.6 cm³/mol. The lowest BCUT2D eigenvalue weighted by molar-refractivity contribution is -0.148. The maximum Gasteiger partial charge on any atom is 0.408 e. The van der Waals surface area contributed by atoms with Crippen LogP contribution in [-0.2, 0) is 0 Å². The highest BCUT2D eigenvalue weighted by Gasteiger charge is 2.37. The van der Waals surface area contributed by atoms with E-state index in [9.17, 15) is 18.0 Å². The van der Waals surface area contributed by atoms with E-state index in [-0.39, 0.29) is 0 Å². The zero-order valence-electron chi connectivity index (χ0n) is 10.4. The van der Waals surface area contributed by atoms with Gasteiger partial charge in [-0.05, 0) is 31.9 Å². The second-order valence-corrected chi connectivity index (χ2v) is 4.13. The second-order valence-electron chi connectivity index (χ2n) is 4.13. The first-order chi connectivity index (χ1) is 8.21. The lowest BCUT2D eigenvalue weighted by Crippen LogP contribution is -2.45. The van der Waals surface area contributed by atoms with Crippen LogP contribution in [0.1, 0.15) is 18.1 Å². The number of anilines is 1. The molecule has 0 spiro atoms. The number of aryl methyl sites for hydroxylation is 2. The molecule has 1 unspecified atom stereocenters. The molecule has 100 valence electrons. The van der Waals surface area contributed by atoms with E-state index in [0.717, 1.165) is 18.1 Å². The number of rotatable bonds is 2. The highest BCUT2D eigenvalue weighted by Crippen LogP contribution is 2.21. The van der Waals surface area contributed by atoms with E-state index in [1.54, 1.807) is 26.0 Å². The minimum absolute atomic E-state index is 0.532. The van der Waals surface area contributed by atoms with Crippen molar-refractivity contribution in [3.05, 3.63) is 29.3 Å². The van der Waals surface area contributed by atoms with Crippen molar-refractivity contribution in [1.29, 1.82) is 0 Å². The summed E-state index contributed by atoms with van der Waals surface area (Å²) < 4.78 is 36.8. The summed E-state index contributed by atoms with van der Waals surface area (Å²) >= 11 is 0. The Labute approximate surface area is 103 Å². The third kappa shape index (κ3) is 3.65. The smallest absolute Gasteiger partial charge is 0.326 e. The zero-order chi connectivity index (χ0) is 13.9. The quantitative estimate of drug-likeness (QED) is 0.841. The van der Waals surface area contributed by atoms with Gasteiger partial charge in [-0.25, -0.2) is 4.79 Å². The second kappa shape index (κ2) is 5.29. The third-order valence-electron chi connectivity index (χ3n) is 2.56. The predicted octanol–water partition coefficient (Wildman–Crippen LogP) is 3.38. The molecule has 0 fully saturated rings. The number of hydrogen-bond acceptors (Lipinski definition) is 1. The molecule has 3 nitrogen and oxygen atoms in total. The van der Waals surface area contributed by atoms with Crippen LogP contribution in [0.15, 0.2) is 18.2 Å². The monoisotopic (exact) mass is 260 g/mol. The van der Waals surface area contributed by atoms with Crippen LogP contribution in [0.3, 0.4) is 0 Å². The van der Waals surface area contributed by atoms with Crippen molar-refractivity contribution in [1.82, 2.24) is 5.32 Å². The SMILES string of the molecule is Cc1cccc(C)c1NC(=O)NC(C)C(F)(F)F. The molecule has 6 heteroatoms. The molecular weight excluding hydrogens is 245 g/mol. The van der Waals surface area contributed by atoms with Gasteiger partial charge < -0.3 is 10.6 Å². The first-order valence-corrected chi connectivity index (χ1v) is 5.42. The van der Waals surface area contributed by atoms with Gasteiger partial charge in [0, 0.05) is 5.69 Å². The first-order valence-electron chi connectivity index (χ1n) is 5.42. The van der Waals surface area contributed by atoms with E-state index in [1.807, 2.05) is 11.4 Å². The largest absolute Gasteiger partial charge is 0.408 e. The van der Waals surface area contributed by atoms with Gasteiger partial charge in [0.2, 0.25) is 0 Å². The number of halogens is 3. The zero-order valence-corrected chi connectivity index (χ0v) is 10.4. The topological polar surface area (TPSA) is 41.1 Å². The number of hydrogen-bond donors (Lipinski definition) is 2. The van der Waals surface area contributed by atoms with E-state index in [1.165, 1.54) is 0 Å². The van der Waals surface area contributed by atoms with Gasteiger partial charge in [-0.15, -0.1) is 0 Å². The van der Waals surface area contributed by atoms with Gasteiger partial charge in [0.05, 0.1) is 0 Å². The van der Waals surface area contributed by atoms with Crippen LogP contribution >= 0.6 is 0 Å². The van der Waals surface area contributed by atoms with Crippen molar-refractivity contribution in [3.8, 4) is 0 Å². The molecule has 1 aromatic rings. The van der Waals surface area contributed by atoms with Gasteiger partial charge in [-0.3, -0.25) is 0 Å². The maximum absolute atomic E-state index is 12.3. The number of para-hydroxylation sites is 1. The van der Waals surface area contributed by atoms with E-state index >= 15 is 0 Å². The average molecular weight is 260 g/mol. The highest BCUT2D eigenvalue weighted by molar-refractivity contribution is 5.91.